The Balaban J connectivity index is 1.97. The fraction of sp³-hybridized carbons (Fsp3) is 0.182. The molecular weight excluding hydrogens is 434 g/mol. The topological polar surface area (TPSA) is 127 Å². The summed E-state index contributed by atoms with van der Waals surface area (Å²) in [7, 11) is -0.885. The maximum absolute atomic E-state index is 13.2. The van der Waals surface area contributed by atoms with Crippen LogP contribution in [0.1, 0.15) is 21.5 Å². The Morgan fingerprint density at radius 2 is 1.75 bits per heavy atom. The Kier molecular flexibility index (Phi) is 7.41. The number of sulfone groups is 1. The van der Waals surface area contributed by atoms with Gasteiger partial charge in [-0.1, -0.05) is 18.2 Å². The molecule has 0 saturated carbocycles. The Morgan fingerprint density at radius 3 is 2.41 bits per heavy atom. The molecule has 3 aromatic rings. The van der Waals surface area contributed by atoms with Crippen molar-refractivity contribution >= 4 is 21.4 Å². The fourth-order valence-electron chi connectivity index (χ4n) is 3.18. The first kappa shape index (κ1) is 23.2. The molecular formula is C22H23N3O6S. The molecule has 0 radical (unpaired) electrons. The molecule has 0 fully saturated rings. The molecule has 0 atom stereocenters. The van der Waals surface area contributed by atoms with Crippen molar-refractivity contribution in [2.75, 3.05) is 19.5 Å². The molecule has 2 aromatic carbocycles. The van der Waals surface area contributed by atoms with Gasteiger partial charge in [-0.3, -0.25) is 10.0 Å². The minimum absolute atomic E-state index is 0.0605. The molecule has 168 valence electrons. The van der Waals surface area contributed by atoms with Crippen LogP contribution in [0.25, 0.3) is 0 Å². The summed E-state index contributed by atoms with van der Waals surface area (Å²) in [5.41, 5.74) is 3.29. The van der Waals surface area contributed by atoms with E-state index >= 15 is 0 Å². The van der Waals surface area contributed by atoms with Gasteiger partial charge in [0.1, 0.15) is 5.75 Å². The van der Waals surface area contributed by atoms with Crippen LogP contribution in [0.3, 0.4) is 0 Å². The lowest BCUT2D eigenvalue weighted by Crippen LogP contribution is -2.21. The summed E-state index contributed by atoms with van der Waals surface area (Å²) in [6.07, 6.45) is 1.41. The first-order valence-corrected chi connectivity index (χ1v) is 11.0. The molecule has 0 saturated heterocycles. The van der Waals surface area contributed by atoms with Crippen molar-refractivity contribution in [2.45, 2.75) is 23.1 Å². The van der Waals surface area contributed by atoms with Gasteiger partial charge in [-0.25, -0.2) is 18.9 Å². The molecule has 0 aliphatic carbocycles. The minimum Gasteiger partial charge on any atom is -0.497 e. The monoisotopic (exact) mass is 457 g/mol. The van der Waals surface area contributed by atoms with Crippen molar-refractivity contribution in [3.05, 3.63) is 77.5 Å². The van der Waals surface area contributed by atoms with Crippen molar-refractivity contribution in [3.8, 4) is 5.75 Å². The van der Waals surface area contributed by atoms with Crippen molar-refractivity contribution in [3.63, 3.8) is 0 Å². The number of ether oxygens (including phenoxy) is 2. The third-order valence-electron chi connectivity index (χ3n) is 4.73. The Bertz CT molecular complexity index is 1200. The first-order valence-electron chi connectivity index (χ1n) is 9.54. The third kappa shape index (κ3) is 4.88. The van der Waals surface area contributed by atoms with E-state index in [9.17, 15) is 13.2 Å². The number of carbonyl (C=O) groups is 1. The molecule has 3 N–H and O–H groups in total. The maximum atomic E-state index is 13.2. The predicted octanol–water partition coefficient (Wildman–Crippen LogP) is 2.80. The van der Waals surface area contributed by atoms with Crippen molar-refractivity contribution in [1.82, 2.24) is 10.5 Å². The van der Waals surface area contributed by atoms with Gasteiger partial charge >= 0.3 is 0 Å². The molecule has 1 heterocycles. The van der Waals surface area contributed by atoms with E-state index in [0.717, 1.165) is 0 Å². The molecule has 9 nitrogen and oxygen atoms in total. The zero-order valence-corrected chi connectivity index (χ0v) is 18.3. The average Bonchev–Trinajstić information content (AvgIpc) is 2.83. The van der Waals surface area contributed by atoms with Crippen LogP contribution < -0.4 is 15.5 Å². The molecule has 0 bridgehead atoms. The summed E-state index contributed by atoms with van der Waals surface area (Å²) in [6.45, 7) is 0.268. The molecule has 3 rings (SSSR count). The van der Waals surface area contributed by atoms with E-state index in [2.05, 4.69) is 10.3 Å². The van der Waals surface area contributed by atoms with Crippen molar-refractivity contribution in [2.24, 2.45) is 0 Å². The highest BCUT2D eigenvalue weighted by molar-refractivity contribution is 7.91. The molecule has 32 heavy (non-hydrogen) atoms. The summed E-state index contributed by atoms with van der Waals surface area (Å²) in [6, 6.07) is 14.3. The summed E-state index contributed by atoms with van der Waals surface area (Å²) in [4.78, 5) is 16.3. The molecule has 0 spiro atoms. The van der Waals surface area contributed by atoms with E-state index in [4.69, 9.17) is 14.7 Å². The van der Waals surface area contributed by atoms with E-state index in [1.807, 2.05) is 0 Å². The highest BCUT2D eigenvalue weighted by atomic mass is 32.2. The summed E-state index contributed by atoms with van der Waals surface area (Å²) in [5, 5.41) is 12.1. The zero-order valence-electron chi connectivity index (χ0n) is 17.5. The van der Waals surface area contributed by atoms with Gasteiger partial charge < -0.3 is 14.8 Å². The zero-order chi connectivity index (χ0) is 23.1. The minimum atomic E-state index is -3.90. The smallest absolute Gasteiger partial charge is 0.276 e. The van der Waals surface area contributed by atoms with Gasteiger partial charge in [-0.2, -0.15) is 0 Å². The number of methoxy groups -OCH3 is 2. The number of rotatable bonds is 9. The molecule has 0 aliphatic rings. The number of nitrogens with zero attached hydrogens (tertiary/aromatic N) is 1. The molecule has 0 unspecified atom stereocenters. The number of pyridine rings is 1. The number of hydrogen-bond acceptors (Lipinski definition) is 8. The van der Waals surface area contributed by atoms with E-state index in [1.54, 1.807) is 41.9 Å². The molecule has 1 amide bonds. The summed E-state index contributed by atoms with van der Waals surface area (Å²) >= 11 is 0. The lowest BCUT2D eigenvalue weighted by Gasteiger charge is -2.17. The van der Waals surface area contributed by atoms with Crippen molar-refractivity contribution in [1.29, 1.82) is 0 Å². The number of anilines is 1. The Labute approximate surface area is 185 Å². The number of hydroxylamine groups is 1. The van der Waals surface area contributed by atoms with Gasteiger partial charge in [0.25, 0.3) is 5.91 Å². The van der Waals surface area contributed by atoms with Crippen LogP contribution in [-0.4, -0.2) is 38.7 Å². The standard InChI is InChI=1S/C22H23N3O6S/c1-30-14-16-5-3-7-19(21(26)25-27)20(16)24-13-15-6-4-12-23-22(15)32(28,29)18-10-8-17(31-2)9-11-18/h3-12,24,27H,13-14H2,1-2H3,(H,25,26). The van der Waals surface area contributed by atoms with Gasteiger partial charge in [0.15, 0.2) is 5.03 Å². The molecule has 1 aromatic heterocycles. The first-order chi connectivity index (χ1) is 15.4. The fourth-order valence-corrected chi connectivity index (χ4v) is 4.59. The number of carbonyl (C=O) groups excluding carboxylic acids is 1. The van der Waals surface area contributed by atoms with Gasteiger partial charge in [-0.05, 0) is 36.4 Å². The Morgan fingerprint density at radius 1 is 1.03 bits per heavy atom. The average molecular weight is 458 g/mol. The van der Waals surface area contributed by atoms with Gasteiger partial charge in [-0.15, -0.1) is 0 Å². The van der Waals surface area contributed by atoms with Crippen LogP contribution >= 0.6 is 0 Å². The third-order valence-corrected chi connectivity index (χ3v) is 6.50. The number of para-hydroxylation sites is 1. The van der Waals surface area contributed by atoms with E-state index in [1.165, 1.54) is 38.6 Å². The van der Waals surface area contributed by atoms with Crippen molar-refractivity contribution < 1.29 is 27.9 Å². The van der Waals surface area contributed by atoms with Gasteiger partial charge in [0.05, 0.1) is 29.9 Å². The van der Waals surface area contributed by atoms with E-state index < -0.39 is 15.7 Å². The lowest BCUT2D eigenvalue weighted by molar-refractivity contribution is 0.0707. The molecule has 0 aliphatic heterocycles. The highest BCUT2D eigenvalue weighted by Gasteiger charge is 2.23. The van der Waals surface area contributed by atoms with Crippen LogP contribution in [0.2, 0.25) is 0 Å². The Hall–Kier alpha value is -3.47. The number of amides is 1. The van der Waals surface area contributed by atoms with Gasteiger partial charge in [0, 0.05) is 31.0 Å². The second-order valence-corrected chi connectivity index (χ2v) is 8.58. The maximum Gasteiger partial charge on any atom is 0.276 e. The van der Waals surface area contributed by atoms with Crippen LogP contribution in [0.5, 0.6) is 5.75 Å². The number of hydrogen-bond donors (Lipinski definition) is 3. The second-order valence-electron chi connectivity index (χ2n) is 6.71. The van der Waals surface area contributed by atoms with Crippen LogP contribution in [0.15, 0.2) is 70.7 Å². The lowest BCUT2D eigenvalue weighted by atomic mass is 10.1. The van der Waals surface area contributed by atoms with E-state index in [0.29, 0.717) is 22.6 Å². The largest absolute Gasteiger partial charge is 0.497 e. The van der Waals surface area contributed by atoms with Crippen LogP contribution in [0, 0.1) is 0 Å². The van der Waals surface area contributed by atoms with Crippen LogP contribution in [-0.2, 0) is 27.7 Å². The quantitative estimate of drug-likeness (QED) is 0.331. The summed E-state index contributed by atoms with van der Waals surface area (Å²) < 4.78 is 36.7. The number of aromatic nitrogens is 1. The van der Waals surface area contributed by atoms with Crippen LogP contribution in [0.4, 0.5) is 5.69 Å². The predicted molar refractivity (Wildman–Crippen MR) is 116 cm³/mol. The highest BCUT2D eigenvalue weighted by Crippen LogP contribution is 2.27. The number of nitrogens with one attached hydrogen (secondary N) is 2. The normalized spacial score (nSPS) is 11.1. The van der Waals surface area contributed by atoms with E-state index in [-0.39, 0.29) is 28.6 Å². The number of benzene rings is 2. The second kappa shape index (κ2) is 10.2. The van der Waals surface area contributed by atoms with Gasteiger partial charge in [0.2, 0.25) is 9.84 Å². The SMILES string of the molecule is COCc1cccc(C(=O)NO)c1NCc1cccnc1S(=O)(=O)c1ccc(OC)cc1. The molecule has 10 heteroatoms. The summed E-state index contributed by atoms with van der Waals surface area (Å²) in [5.74, 6) is -0.168.